The molecule has 0 fully saturated rings. The molecular weight excluding hydrogens is 248 g/mol. The van der Waals surface area contributed by atoms with E-state index in [9.17, 15) is 4.79 Å². The summed E-state index contributed by atoms with van der Waals surface area (Å²) in [6, 6.07) is 9.62. The standard InChI is InChI=1S/C12H14N4OS/c1-7(8-5-3-2-4-6-8)16-10(14)9(13)11(17)15-12(16)18/h2-7H,13-14H2,1H3,(H,15,17,18). The first-order valence-corrected chi connectivity index (χ1v) is 5.88. The SMILES string of the molecule is CC(c1ccccc1)n1c(N)c(N)c(=O)[nH]c1=S. The Morgan fingerprint density at radius 1 is 1.28 bits per heavy atom. The largest absolute Gasteiger partial charge is 0.391 e. The molecule has 0 saturated carbocycles. The maximum Gasteiger partial charge on any atom is 0.277 e. The average Bonchev–Trinajstić information content (AvgIpc) is 2.37. The molecule has 6 heteroatoms. The fraction of sp³-hybridized carbons (Fsp3) is 0.167. The lowest BCUT2D eigenvalue weighted by molar-refractivity contribution is 0.621. The van der Waals surface area contributed by atoms with Crippen molar-refractivity contribution in [2.75, 3.05) is 11.5 Å². The van der Waals surface area contributed by atoms with Gasteiger partial charge >= 0.3 is 0 Å². The fourth-order valence-corrected chi connectivity index (χ4v) is 2.19. The molecule has 5 N–H and O–H groups in total. The molecule has 0 aliphatic carbocycles. The van der Waals surface area contributed by atoms with Crippen LogP contribution in [-0.4, -0.2) is 9.55 Å². The van der Waals surface area contributed by atoms with Gasteiger partial charge in [0.1, 0.15) is 11.5 Å². The second kappa shape index (κ2) is 4.66. The third kappa shape index (κ3) is 2.02. The molecule has 94 valence electrons. The summed E-state index contributed by atoms with van der Waals surface area (Å²) in [7, 11) is 0. The van der Waals surface area contributed by atoms with E-state index in [1.54, 1.807) is 4.57 Å². The van der Waals surface area contributed by atoms with Crippen molar-refractivity contribution < 1.29 is 0 Å². The van der Waals surface area contributed by atoms with Crippen LogP contribution in [-0.2, 0) is 0 Å². The first-order valence-electron chi connectivity index (χ1n) is 5.47. The van der Waals surface area contributed by atoms with Gasteiger partial charge in [-0.15, -0.1) is 0 Å². The summed E-state index contributed by atoms with van der Waals surface area (Å²) in [6.07, 6.45) is 0. The van der Waals surface area contributed by atoms with E-state index in [0.717, 1.165) is 5.56 Å². The molecule has 1 aromatic carbocycles. The Labute approximate surface area is 109 Å². The highest BCUT2D eigenvalue weighted by molar-refractivity contribution is 7.71. The van der Waals surface area contributed by atoms with E-state index in [1.165, 1.54) is 0 Å². The summed E-state index contributed by atoms with van der Waals surface area (Å²) in [4.78, 5) is 13.9. The summed E-state index contributed by atoms with van der Waals surface area (Å²) in [5.74, 6) is 0.195. The van der Waals surface area contributed by atoms with Crippen molar-refractivity contribution in [3.8, 4) is 0 Å². The van der Waals surface area contributed by atoms with E-state index in [4.69, 9.17) is 23.7 Å². The van der Waals surface area contributed by atoms with Crippen LogP contribution in [0.15, 0.2) is 35.1 Å². The van der Waals surface area contributed by atoms with Crippen LogP contribution in [0.5, 0.6) is 0 Å². The van der Waals surface area contributed by atoms with Gasteiger partial charge in [0.05, 0.1) is 6.04 Å². The number of nitrogen functional groups attached to an aromatic ring is 2. The zero-order valence-electron chi connectivity index (χ0n) is 9.88. The number of nitrogens with two attached hydrogens (primary N) is 2. The fourth-order valence-electron chi connectivity index (χ4n) is 1.85. The summed E-state index contributed by atoms with van der Waals surface area (Å²) in [5, 5.41) is 0. The number of H-pyrrole nitrogens is 1. The number of aromatic nitrogens is 2. The van der Waals surface area contributed by atoms with Gasteiger partial charge in [-0.05, 0) is 24.7 Å². The first-order chi connectivity index (χ1) is 8.52. The van der Waals surface area contributed by atoms with Crippen LogP contribution in [0, 0.1) is 4.77 Å². The monoisotopic (exact) mass is 262 g/mol. The third-order valence-electron chi connectivity index (χ3n) is 2.89. The lowest BCUT2D eigenvalue weighted by atomic mass is 10.1. The van der Waals surface area contributed by atoms with Gasteiger partial charge in [-0.1, -0.05) is 30.3 Å². The van der Waals surface area contributed by atoms with Gasteiger partial charge in [0.2, 0.25) is 0 Å². The number of hydrogen-bond donors (Lipinski definition) is 3. The molecule has 18 heavy (non-hydrogen) atoms. The number of rotatable bonds is 2. The molecule has 5 nitrogen and oxygen atoms in total. The van der Waals surface area contributed by atoms with E-state index >= 15 is 0 Å². The molecule has 1 aromatic heterocycles. The average molecular weight is 262 g/mol. The van der Waals surface area contributed by atoms with Crippen LogP contribution in [0.1, 0.15) is 18.5 Å². The molecule has 0 saturated heterocycles. The minimum absolute atomic E-state index is 0.00798. The molecule has 1 heterocycles. The van der Waals surface area contributed by atoms with Crippen LogP contribution in [0.3, 0.4) is 0 Å². The maximum absolute atomic E-state index is 11.4. The van der Waals surface area contributed by atoms with Crippen molar-refractivity contribution in [2.45, 2.75) is 13.0 Å². The van der Waals surface area contributed by atoms with Crippen molar-refractivity contribution >= 4 is 23.7 Å². The quantitative estimate of drug-likeness (QED) is 0.718. The molecule has 0 spiro atoms. The molecule has 2 rings (SSSR count). The van der Waals surface area contributed by atoms with Crippen LogP contribution >= 0.6 is 12.2 Å². The number of nitrogens with zero attached hydrogens (tertiary/aromatic N) is 1. The second-order valence-corrected chi connectivity index (χ2v) is 4.40. The van der Waals surface area contributed by atoms with Crippen LogP contribution in [0.25, 0.3) is 0 Å². The van der Waals surface area contributed by atoms with Crippen LogP contribution < -0.4 is 17.0 Å². The van der Waals surface area contributed by atoms with E-state index in [1.807, 2.05) is 37.3 Å². The minimum Gasteiger partial charge on any atom is -0.391 e. The zero-order chi connectivity index (χ0) is 13.3. The zero-order valence-corrected chi connectivity index (χ0v) is 10.7. The van der Waals surface area contributed by atoms with E-state index in [-0.39, 0.29) is 22.3 Å². The first kappa shape index (κ1) is 12.4. The highest BCUT2D eigenvalue weighted by Crippen LogP contribution is 2.22. The lowest BCUT2D eigenvalue weighted by Crippen LogP contribution is -2.23. The predicted octanol–water partition coefficient (Wildman–Crippen LogP) is 1.68. The number of hydrogen-bond acceptors (Lipinski definition) is 4. The smallest absolute Gasteiger partial charge is 0.277 e. The Morgan fingerprint density at radius 3 is 2.50 bits per heavy atom. The third-order valence-corrected chi connectivity index (χ3v) is 3.19. The highest BCUT2D eigenvalue weighted by Gasteiger charge is 2.14. The molecule has 0 radical (unpaired) electrons. The van der Waals surface area contributed by atoms with Gasteiger partial charge in [0, 0.05) is 0 Å². The normalized spacial score (nSPS) is 12.3. The molecule has 0 bridgehead atoms. The number of nitrogens with one attached hydrogen (secondary N) is 1. The molecule has 0 amide bonds. The van der Waals surface area contributed by atoms with Gasteiger partial charge in [0.25, 0.3) is 5.56 Å². The Bertz CT molecular complexity index is 675. The van der Waals surface area contributed by atoms with Crippen LogP contribution in [0.2, 0.25) is 0 Å². The van der Waals surface area contributed by atoms with Crippen molar-refractivity contribution in [3.05, 3.63) is 51.0 Å². The Balaban J connectivity index is 2.63. The van der Waals surface area contributed by atoms with Crippen LogP contribution in [0.4, 0.5) is 11.5 Å². The lowest BCUT2D eigenvalue weighted by Gasteiger charge is -2.19. The Kier molecular flexibility index (Phi) is 3.20. The molecule has 2 aromatic rings. The van der Waals surface area contributed by atoms with E-state index in [2.05, 4.69) is 4.98 Å². The minimum atomic E-state index is -0.450. The number of benzene rings is 1. The number of anilines is 2. The predicted molar refractivity (Wildman–Crippen MR) is 75.0 cm³/mol. The van der Waals surface area contributed by atoms with Gasteiger partial charge in [0.15, 0.2) is 4.77 Å². The molecular formula is C12H14N4OS. The summed E-state index contributed by atoms with van der Waals surface area (Å²) in [6.45, 7) is 1.94. The van der Waals surface area contributed by atoms with Crippen molar-refractivity contribution in [1.29, 1.82) is 0 Å². The molecule has 0 aliphatic heterocycles. The van der Waals surface area contributed by atoms with Gasteiger partial charge in [-0.3, -0.25) is 14.3 Å². The molecule has 0 aliphatic rings. The topological polar surface area (TPSA) is 89.8 Å². The summed E-state index contributed by atoms with van der Waals surface area (Å²) in [5.41, 5.74) is 12.1. The van der Waals surface area contributed by atoms with E-state index in [0.29, 0.717) is 0 Å². The highest BCUT2D eigenvalue weighted by atomic mass is 32.1. The van der Waals surface area contributed by atoms with Crippen molar-refractivity contribution in [3.63, 3.8) is 0 Å². The number of aromatic amines is 1. The maximum atomic E-state index is 11.4. The summed E-state index contributed by atoms with van der Waals surface area (Å²) >= 11 is 5.13. The van der Waals surface area contributed by atoms with Crippen molar-refractivity contribution in [1.82, 2.24) is 9.55 Å². The summed E-state index contributed by atoms with van der Waals surface area (Å²) < 4.78 is 1.91. The Hall–Kier alpha value is -2.08. The second-order valence-electron chi connectivity index (χ2n) is 4.01. The van der Waals surface area contributed by atoms with Gasteiger partial charge < -0.3 is 11.5 Å². The van der Waals surface area contributed by atoms with E-state index < -0.39 is 5.56 Å². The van der Waals surface area contributed by atoms with Crippen molar-refractivity contribution in [2.24, 2.45) is 0 Å². The Morgan fingerprint density at radius 2 is 1.89 bits per heavy atom. The van der Waals surface area contributed by atoms with Gasteiger partial charge in [-0.2, -0.15) is 0 Å². The van der Waals surface area contributed by atoms with Gasteiger partial charge in [-0.25, -0.2) is 0 Å². The molecule has 1 unspecified atom stereocenters. The molecule has 1 atom stereocenters.